The van der Waals surface area contributed by atoms with Crippen LogP contribution in [0.1, 0.15) is 10.4 Å². The van der Waals surface area contributed by atoms with Gasteiger partial charge in [0.25, 0.3) is 0 Å². The Labute approximate surface area is 63.2 Å². The van der Waals surface area contributed by atoms with E-state index in [0.29, 0.717) is 6.29 Å². The van der Waals surface area contributed by atoms with Crippen LogP contribution in [-0.4, -0.2) is 16.7 Å². The Morgan fingerprint density at radius 2 is 1.91 bits per heavy atom. The summed E-state index contributed by atoms with van der Waals surface area (Å²) in [7, 11) is 0. The van der Waals surface area contributed by atoms with Crippen LogP contribution in [0.4, 0.5) is 5.69 Å². The van der Waals surface area contributed by atoms with E-state index in [9.17, 15) is 4.79 Å². The summed E-state index contributed by atoms with van der Waals surface area (Å²) in [4.78, 5) is 10.3. The van der Waals surface area contributed by atoms with Crippen LogP contribution in [0.2, 0.25) is 0 Å². The number of carbonyl (C=O) groups is 1. The molecule has 0 unspecified atom stereocenters. The Morgan fingerprint density at radius 3 is 2.36 bits per heavy atom. The molecule has 1 rings (SSSR count). The fraction of sp³-hybridized carbons (Fsp3) is 0. The maximum atomic E-state index is 10.3. The minimum atomic E-state index is -0.0796. The zero-order valence-corrected chi connectivity index (χ0v) is 5.64. The second-order valence-corrected chi connectivity index (χ2v) is 1.97. The predicted octanol–water partition coefficient (Wildman–Crippen LogP) is 1.08. The molecule has 0 aromatic heterocycles. The number of aldehydes is 1. The predicted molar refractivity (Wildman–Crippen MR) is 37.9 cm³/mol. The summed E-state index contributed by atoms with van der Waals surface area (Å²) in [5.74, 6) is 0. The third-order valence-electron chi connectivity index (χ3n) is 1.28. The lowest BCUT2D eigenvalue weighted by molar-refractivity contribution is 0.0287. The fourth-order valence-electron chi connectivity index (χ4n) is 0.769. The number of nitrogens with zero attached hydrogens (tertiary/aromatic N) is 1. The lowest BCUT2D eigenvalue weighted by atomic mass is 10.2. The zero-order valence-electron chi connectivity index (χ0n) is 5.64. The van der Waals surface area contributed by atoms with Crippen LogP contribution in [0, 0.1) is 0 Å². The third kappa shape index (κ3) is 1.54. The molecule has 0 aliphatic carbocycles. The first kappa shape index (κ1) is 7.71. The van der Waals surface area contributed by atoms with Gasteiger partial charge >= 0.3 is 0 Å². The lowest BCUT2D eigenvalue weighted by Crippen LogP contribution is -2.12. The maximum Gasteiger partial charge on any atom is 0.152 e. The molecular formula is C7H7NO3. The Hall–Kier alpha value is -1.39. The van der Waals surface area contributed by atoms with Gasteiger partial charge in [-0.1, -0.05) is 12.1 Å². The molecule has 0 saturated heterocycles. The van der Waals surface area contributed by atoms with Crippen LogP contribution < -0.4 is 5.23 Å². The van der Waals surface area contributed by atoms with Crippen molar-refractivity contribution in [3.63, 3.8) is 0 Å². The van der Waals surface area contributed by atoms with Crippen LogP contribution >= 0.6 is 0 Å². The second kappa shape index (κ2) is 3.14. The van der Waals surface area contributed by atoms with E-state index in [0.717, 1.165) is 0 Å². The quantitative estimate of drug-likeness (QED) is 0.493. The molecule has 11 heavy (non-hydrogen) atoms. The summed E-state index contributed by atoms with van der Waals surface area (Å²) in [6.07, 6.45) is 0.550. The molecule has 0 saturated carbocycles. The molecule has 1 aromatic rings. The minimum Gasteiger partial charge on any atom is -0.298 e. The first-order valence-corrected chi connectivity index (χ1v) is 2.98. The molecule has 0 radical (unpaired) electrons. The summed E-state index contributed by atoms with van der Waals surface area (Å²) in [5, 5.41) is 17.1. The molecule has 0 heterocycles. The van der Waals surface area contributed by atoms with Crippen molar-refractivity contribution in [1.82, 2.24) is 0 Å². The van der Waals surface area contributed by atoms with E-state index >= 15 is 0 Å². The highest BCUT2D eigenvalue weighted by molar-refractivity contribution is 5.83. The smallest absolute Gasteiger partial charge is 0.152 e. The minimum absolute atomic E-state index is 0.0718. The van der Waals surface area contributed by atoms with Gasteiger partial charge in [0.1, 0.15) is 5.69 Å². The summed E-state index contributed by atoms with van der Waals surface area (Å²) >= 11 is 0. The van der Waals surface area contributed by atoms with E-state index in [1.807, 2.05) is 0 Å². The highest BCUT2D eigenvalue weighted by Crippen LogP contribution is 2.14. The van der Waals surface area contributed by atoms with Crippen molar-refractivity contribution in [1.29, 1.82) is 0 Å². The highest BCUT2D eigenvalue weighted by Gasteiger charge is 2.03. The topological polar surface area (TPSA) is 60.8 Å². The average molecular weight is 153 g/mol. The SMILES string of the molecule is O=Cc1ccccc1N(O)O. The van der Waals surface area contributed by atoms with Crippen LogP contribution in [0.15, 0.2) is 24.3 Å². The largest absolute Gasteiger partial charge is 0.298 e. The van der Waals surface area contributed by atoms with Gasteiger partial charge in [-0.25, -0.2) is 0 Å². The number of rotatable bonds is 2. The molecule has 58 valence electrons. The van der Waals surface area contributed by atoms with E-state index in [1.165, 1.54) is 12.1 Å². The molecular weight excluding hydrogens is 146 g/mol. The van der Waals surface area contributed by atoms with E-state index in [-0.39, 0.29) is 16.5 Å². The van der Waals surface area contributed by atoms with Crippen molar-refractivity contribution in [3.8, 4) is 0 Å². The maximum absolute atomic E-state index is 10.3. The summed E-state index contributed by atoms with van der Waals surface area (Å²) < 4.78 is 0. The normalized spacial score (nSPS) is 9.27. The molecule has 2 N–H and O–H groups in total. The van der Waals surface area contributed by atoms with Crippen molar-refractivity contribution in [3.05, 3.63) is 29.8 Å². The number of anilines is 1. The third-order valence-corrected chi connectivity index (χ3v) is 1.28. The van der Waals surface area contributed by atoms with Gasteiger partial charge < -0.3 is 0 Å². The van der Waals surface area contributed by atoms with E-state index in [4.69, 9.17) is 10.4 Å². The van der Waals surface area contributed by atoms with Crippen LogP contribution in [0.25, 0.3) is 0 Å². The second-order valence-electron chi connectivity index (χ2n) is 1.97. The van der Waals surface area contributed by atoms with Gasteiger partial charge in [-0.3, -0.25) is 15.2 Å². The molecule has 0 spiro atoms. The zero-order chi connectivity index (χ0) is 8.27. The van der Waals surface area contributed by atoms with Crippen LogP contribution in [0.3, 0.4) is 0 Å². The standard InChI is InChI=1S/C7H7NO3/c9-5-6-3-1-2-4-7(6)8(10)11/h1-5,10-11H. The summed E-state index contributed by atoms with van der Waals surface area (Å²) in [5.41, 5.74) is 0.306. The first-order valence-electron chi connectivity index (χ1n) is 2.98. The fourth-order valence-corrected chi connectivity index (χ4v) is 0.769. The molecule has 0 bridgehead atoms. The van der Waals surface area contributed by atoms with Crippen LogP contribution in [-0.2, 0) is 0 Å². The molecule has 4 heteroatoms. The number of para-hydroxylation sites is 1. The van der Waals surface area contributed by atoms with Crippen molar-refractivity contribution in [2.45, 2.75) is 0 Å². The van der Waals surface area contributed by atoms with Gasteiger partial charge in [0.15, 0.2) is 6.29 Å². The Balaban J connectivity index is 3.12. The Morgan fingerprint density at radius 1 is 1.27 bits per heavy atom. The van der Waals surface area contributed by atoms with Crippen molar-refractivity contribution < 1.29 is 15.2 Å². The van der Waals surface area contributed by atoms with Crippen LogP contribution in [0.5, 0.6) is 0 Å². The van der Waals surface area contributed by atoms with Crippen molar-refractivity contribution in [2.75, 3.05) is 5.23 Å². The van der Waals surface area contributed by atoms with E-state index in [1.54, 1.807) is 12.1 Å². The van der Waals surface area contributed by atoms with E-state index < -0.39 is 0 Å². The molecule has 0 amide bonds. The lowest BCUT2D eigenvalue weighted by Gasteiger charge is -2.08. The van der Waals surface area contributed by atoms with Gasteiger partial charge in [0.05, 0.1) is 0 Å². The first-order chi connectivity index (χ1) is 5.25. The van der Waals surface area contributed by atoms with Crippen molar-refractivity contribution >= 4 is 12.0 Å². The van der Waals surface area contributed by atoms with Crippen molar-refractivity contribution in [2.24, 2.45) is 0 Å². The molecule has 0 fully saturated rings. The number of hydrogen-bond acceptors (Lipinski definition) is 4. The summed E-state index contributed by atoms with van der Waals surface area (Å²) in [6, 6.07) is 6.14. The molecule has 0 aliphatic heterocycles. The molecule has 0 aliphatic rings. The average Bonchev–Trinajstić information content (AvgIpc) is 2.04. The van der Waals surface area contributed by atoms with Gasteiger partial charge in [-0.05, 0) is 12.1 Å². The molecule has 1 aromatic carbocycles. The summed E-state index contributed by atoms with van der Waals surface area (Å²) in [6.45, 7) is 0. The Kier molecular flexibility index (Phi) is 2.20. The number of hydrogen-bond donors (Lipinski definition) is 2. The van der Waals surface area contributed by atoms with Gasteiger partial charge in [0, 0.05) is 5.56 Å². The van der Waals surface area contributed by atoms with Gasteiger partial charge in [0.2, 0.25) is 0 Å². The number of carbonyl (C=O) groups excluding carboxylic acids is 1. The number of benzene rings is 1. The van der Waals surface area contributed by atoms with Gasteiger partial charge in [-0.2, -0.15) is 0 Å². The monoisotopic (exact) mass is 153 g/mol. The van der Waals surface area contributed by atoms with Gasteiger partial charge in [-0.15, -0.1) is 5.23 Å². The molecule has 0 atom stereocenters. The highest BCUT2D eigenvalue weighted by atomic mass is 16.8. The Bertz CT molecular complexity index is 260. The molecule has 4 nitrogen and oxygen atoms in total. The van der Waals surface area contributed by atoms with E-state index in [2.05, 4.69) is 0 Å².